The molecule has 1 aromatic carbocycles. The van der Waals surface area contributed by atoms with Crippen molar-refractivity contribution in [3.63, 3.8) is 0 Å². The summed E-state index contributed by atoms with van der Waals surface area (Å²) in [5.41, 5.74) is -0.618. The zero-order valence-corrected chi connectivity index (χ0v) is 11.3. The van der Waals surface area contributed by atoms with E-state index >= 15 is 0 Å². The Balaban J connectivity index is 2.69. The molecule has 0 spiro atoms. The van der Waals surface area contributed by atoms with Crippen molar-refractivity contribution in [3.05, 3.63) is 29.5 Å². The van der Waals surface area contributed by atoms with Gasteiger partial charge in [-0.1, -0.05) is 6.07 Å². The van der Waals surface area contributed by atoms with E-state index in [0.717, 1.165) is 6.92 Å². The molecular weight excluding hydrogens is 286 g/mol. The van der Waals surface area contributed by atoms with Crippen LogP contribution in [0.1, 0.15) is 36.4 Å². The van der Waals surface area contributed by atoms with Crippen LogP contribution in [0.15, 0.2) is 22.6 Å². The Morgan fingerprint density at radius 2 is 2.05 bits per heavy atom. The third-order valence-corrected chi connectivity index (χ3v) is 2.65. The summed E-state index contributed by atoms with van der Waals surface area (Å²) in [7, 11) is 0. The summed E-state index contributed by atoms with van der Waals surface area (Å²) in [4.78, 5) is 22.8. The molecule has 0 fully saturated rings. The van der Waals surface area contributed by atoms with E-state index in [0.29, 0.717) is 0 Å². The van der Waals surface area contributed by atoms with Crippen molar-refractivity contribution in [2.75, 3.05) is 6.61 Å². The van der Waals surface area contributed by atoms with Gasteiger partial charge in [-0.2, -0.15) is 0 Å². The van der Waals surface area contributed by atoms with Crippen LogP contribution >= 0.6 is 0 Å². The van der Waals surface area contributed by atoms with Crippen LogP contribution in [0.5, 0.6) is 5.75 Å². The Kier molecular flexibility index (Phi) is 4.21. The molecule has 2 aromatic rings. The van der Waals surface area contributed by atoms with Crippen molar-refractivity contribution in [2.45, 2.75) is 20.3 Å². The van der Waals surface area contributed by atoms with Gasteiger partial charge in [0.2, 0.25) is 5.76 Å². The topological polar surface area (TPSA) is 65.7 Å². The SMILES string of the molecule is CCOC(=O)c1oc2cccc(OC(C)=O)c2c1C(F)F. The average molecular weight is 298 g/mol. The zero-order valence-electron chi connectivity index (χ0n) is 11.3. The molecule has 112 valence electrons. The van der Waals surface area contributed by atoms with E-state index in [2.05, 4.69) is 0 Å². The van der Waals surface area contributed by atoms with Gasteiger partial charge in [0.25, 0.3) is 6.43 Å². The maximum absolute atomic E-state index is 13.3. The minimum Gasteiger partial charge on any atom is -0.460 e. The molecular formula is C14H12F2O5. The lowest BCUT2D eigenvalue weighted by Gasteiger charge is -2.05. The van der Waals surface area contributed by atoms with Gasteiger partial charge in [0, 0.05) is 6.92 Å². The van der Waals surface area contributed by atoms with Crippen molar-refractivity contribution in [1.82, 2.24) is 0 Å². The van der Waals surface area contributed by atoms with Gasteiger partial charge < -0.3 is 13.9 Å². The van der Waals surface area contributed by atoms with E-state index in [1.54, 1.807) is 6.92 Å². The number of carbonyl (C=O) groups is 2. The molecule has 0 bridgehead atoms. The van der Waals surface area contributed by atoms with Gasteiger partial charge in [-0.3, -0.25) is 4.79 Å². The molecule has 0 aliphatic rings. The van der Waals surface area contributed by atoms with Gasteiger partial charge in [-0.25, -0.2) is 13.6 Å². The quantitative estimate of drug-likeness (QED) is 0.638. The predicted molar refractivity (Wildman–Crippen MR) is 68.4 cm³/mol. The second-order valence-corrected chi connectivity index (χ2v) is 4.09. The van der Waals surface area contributed by atoms with E-state index in [-0.39, 0.29) is 23.3 Å². The smallest absolute Gasteiger partial charge is 0.374 e. The molecule has 0 N–H and O–H groups in total. The minimum absolute atomic E-state index is 0.0205. The van der Waals surface area contributed by atoms with E-state index in [1.807, 2.05) is 0 Å². The second kappa shape index (κ2) is 5.90. The highest BCUT2D eigenvalue weighted by molar-refractivity contribution is 5.99. The van der Waals surface area contributed by atoms with Crippen LogP contribution in [0.25, 0.3) is 11.0 Å². The third-order valence-electron chi connectivity index (χ3n) is 2.65. The first-order valence-corrected chi connectivity index (χ1v) is 6.14. The number of rotatable bonds is 4. The molecule has 5 nitrogen and oxygen atoms in total. The molecule has 0 atom stereocenters. The zero-order chi connectivity index (χ0) is 15.6. The lowest BCUT2D eigenvalue weighted by Crippen LogP contribution is -2.07. The normalized spacial score (nSPS) is 10.9. The maximum Gasteiger partial charge on any atom is 0.374 e. The number of halogens is 2. The lowest BCUT2D eigenvalue weighted by atomic mass is 10.1. The number of furan rings is 1. The molecule has 0 radical (unpaired) electrons. The molecule has 1 aromatic heterocycles. The highest BCUT2D eigenvalue weighted by Crippen LogP contribution is 2.39. The third kappa shape index (κ3) is 2.86. The minimum atomic E-state index is -2.98. The summed E-state index contributed by atoms with van der Waals surface area (Å²) < 4.78 is 41.3. The van der Waals surface area contributed by atoms with Crippen molar-refractivity contribution < 1.29 is 32.3 Å². The highest BCUT2D eigenvalue weighted by atomic mass is 19.3. The monoisotopic (exact) mass is 298 g/mol. The van der Waals surface area contributed by atoms with Crippen LogP contribution in [-0.4, -0.2) is 18.5 Å². The van der Waals surface area contributed by atoms with Gasteiger partial charge >= 0.3 is 11.9 Å². The summed E-state index contributed by atoms with van der Waals surface area (Å²) in [6.45, 7) is 2.72. The van der Waals surface area contributed by atoms with Gasteiger partial charge in [0.15, 0.2) is 0 Å². The number of benzene rings is 1. The molecule has 0 aliphatic carbocycles. The van der Waals surface area contributed by atoms with Crippen LogP contribution in [0.3, 0.4) is 0 Å². The van der Waals surface area contributed by atoms with Crippen molar-refractivity contribution in [1.29, 1.82) is 0 Å². The summed E-state index contributed by atoms with van der Waals surface area (Å²) >= 11 is 0. The number of fused-ring (bicyclic) bond motifs is 1. The van der Waals surface area contributed by atoms with Crippen molar-refractivity contribution in [2.24, 2.45) is 0 Å². The number of ether oxygens (including phenoxy) is 2. The first kappa shape index (κ1) is 15.0. The Morgan fingerprint density at radius 3 is 2.62 bits per heavy atom. The summed E-state index contributed by atoms with van der Waals surface area (Å²) in [5, 5.41) is -0.106. The van der Waals surface area contributed by atoms with E-state index < -0.39 is 29.7 Å². The summed E-state index contributed by atoms with van der Waals surface area (Å²) in [6.07, 6.45) is -2.98. The number of alkyl halides is 2. The Hall–Kier alpha value is -2.44. The first-order valence-electron chi connectivity index (χ1n) is 6.14. The Labute approximate surface area is 118 Å². The van der Waals surface area contributed by atoms with Gasteiger partial charge in [-0.15, -0.1) is 0 Å². The van der Waals surface area contributed by atoms with Crippen LogP contribution in [0.4, 0.5) is 8.78 Å². The van der Waals surface area contributed by atoms with E-state index in [9.17, 15) is 18.4 Å². The van der Waals surface area contributed by atoms with Crippen LogP contribution < -0.4 is 4.74 Å². The van der Waals surface area contributed by atoms with Crippen molar-refractivity contribution >= 4 is 22.9 Å². The molecule has 7 heteroatoms. The van der Waals surface area contributed by atoms with E-state index in [4.69, 9.17) is 13.9 Å². The molecule has 0 saturated carbocycles. The fourth-order valence-corrected chi connectivity index (χ4v) is 1.94. The Bertz CT molecular complexity index is 690. The standard InChI is InChI=1S/C14H12F2O5/c1-3-19-14(18)12-11(13(15)16)10-8(20-7(2)17)5-4-6-9(10)21-12/h4-6,13H,3H2,1-2H3. The van der Waals surface area contributed by atoms with E-state index in [1.165, 1.54) is 18.2 Å². The van der Waals surface area contributed by atoms with Crippen LogP contribution in [0.2, 0.25) is 0 Å². The number of esters is 2. The summed E-state index contributed by atoms with van der Waals surface area (Å²) in [5.74, 6) is -2.32. The Morgan fingerprint density at radius 1 is 1.33 bits per heavy atom. The second-order valence-electron chi connectivity index (χ2n) is 4.09. The fraction of sp³-hybridized carbons (Fsp3) is 0.286. The first-order chi connectivity index (χ1) is 9.95. The molecule has 1 heterocycles. The lowest BCUT2D eigenvalue weighted by molar-refractivity contribution is -0.131. The predicted octanol–water partition coefficient (Wildman–Crippen LogP) is 3.47. The van der Waals surface area contributed by atoms with Crippen LogP contribution in [-0.2, 0) is 9.53 Å². The van der Waals surface area contributed by atoms with Crippen molar-refractivity contribution in [3.8, 4) is 5.75 Å². The summed E-state index contributed by atoms with van der Waals surface area (Å²) in [6, 6.07) is 4.21. The molecule has 0 amide bonds. The van der Waals surface area contributed by atoms with Gasteiger partial charge in [0.1, 0.15) is 11.3 Å². The fourth-order valence-electron chi connectivity index (χ4n) is 1.94. The molecule has 21 heavy (non-hydrogen) atoms. The average Bonchev–Trinajstić information content (AvgIpc) is 2.79. The van der Waals surface area contributed by atoms with Crippen LogP contribution in [0, 0.1) is 0 Å². The molecule has 2 rings (SSSR count). The largest absolute Gasteiger partial charge is 0.460 e. The molecule has 0 unspecified atom stereocenters. The maximum atomic E-state index is 13.3. The van der Waals surface area contributed by atoms with Gasteiger partial charge in [-0.05, 0) is 19.1 Å². The molecule has 0 saturated heterocycles. The highest BCUT2D eigenvalue weighted by Gasteiger charge is 2.30. The number of hydrogen-bond donors (Lipinski definition) is 0. The number of hydrogen-bond acceptors (Lipinski definition) is 5. The van der Waals surface area contributed by atoms with Gasteiger partial charge in [0.05, 0.1) is 17.6 Å². The number of carbonyl (C=O) groups excluding carboxylic acids is 2. The molecule has 0 aliphatic heterocycles.